The number of nitrogens with zero attached hydrogens (tertiary/aromatic N) is 2. The summed E-state index contributed by atoms with van der Waals surface area (Å²) < 4.78 is 65.3. The number of piperazine rings is 1. The van der Waals surface area contributed by atoms with Crippen molar-refractivity contribution >= 4 is 27.3 Å². The molecule has 1 aliphatic rings. The number of hydrogen-bond donors (Lipinski definition) is 2. The third kappa shape index (κ3) is 6.94. The van der Waals surface area contributed by atoms with Gasteiger partial charge in [-0.1, -0.05) is 6.07 Å². The van der Waals surface area contributed by atoms with Gasteiger partial charge in [0.05, 0.1) is 10.5 Å². The molecule has 1 amide bonds. The second kappa shape index (κ2) is 10.7. The number of halogens is 3. The number of anilines is 2. The molecule has 0 aliphatic carbocycles. The average molecular weight is 499 g/mol. The number of hydrogen-bond acceptors (Lipinski definition) is 5. The number of nitrogens with one attached hydrogen (secondary N) is 2. The smallest absolute Gasteiger partial charge is 0.369 e. The molecule has 2 aromatic rings. The Balaban J connectivity index is 1.48. The van der Waals surface area contributed by atoms with Crippen molar-refractivity contribution in [2.45, 2.75) is 30.8 Å². The van der Waals surface area contributed by atoms with Crippen molar-refractivity contribution in [1.29, 1.82) is 0 Å². The summed E-state index contributed by atoms with van der Waals surface area (Å²) in [4.78, 5) is 16.4. The van der Waals surface area contributed by atoms with E-state index in [1.54, 1.807) is 0 Å². The van der Waals surface area contributed by atoms with Crippen LogP contribution in [0.4, 0.5) is 24.5 Å². The van der Waals surface area contributed by atoms with Gasteiger partial charge in [0, 0.05) is 50.5 Å². The monoisotopic (exact) mass is 498 g/mol. The number of carbonyl (C=O) groups excluding carboxylic acids is 1. The van der Waals surface area contributed by atoms with Gasteiger partial charge in [-0.25, -0.2) is 13.1 Å². The number of benzene rings is 2. The lowest BCUT2D eigenvalue weighted by molar-refractivity contribution is -0.137. The first-order chi connectivity index (χ1) is 16.0. The molecule has 0 unspecified atom stereocenters. The van der Waals surface area contributed by atoms with Gasteiger partial charge in [-0.05, 0) is 62.4 Å². The quantitative estimate of drug-likeness (QED) is 0.545. The van der Waals surface area contributed by atoms with Gasteiger partial charge in [-0.2, -0.15) is 13.2 Å². The molecule has 2 aromatic carbocycles. The van der Waals surface area contributed by atoms with E-state index in [1.807, 2.05) is 25.1 Å². The molecule has 3 rings (SSSR count). The summed E-state index contributed by atoms with van der Waals surface area (Å²) in [5.41, 5.74) is 1.68. The highest BCUT2D eigenvalue weighted by molar-refractivity contribution is 7.89. The van der Waals surface area contributed by atoms with Gasteiger partial charge in [0.2, 0.25) is 15.9 Å². The van der Waals surface area contributed by atoms with E-state index < -0.39 is 26.7 Å². The Morgan fingerprint density at radius 2 is 1.76 bits per heavy atom. The van der Waals surface area contributed by atoms with E-state index in [-0.39, 0.29) is 25.3 Å². The van der Waals surface area contributed by atoms with Crippen molar-refractivity contribution in [2.24, 2.45) is 0 Å². The fraction of sp³-hybridized carbons (Fsp3) is 0.435. The predicted molar refractivity (Wildman–Crippen MR) is 125 cm³/mol. The van der Waals surface area contributed by atoms with E-state index in [2.05, 4.69) is 26.9 Å². The molecule has 186 valence electrons. The maximum Gasteiger partial charge on any atom is 0.416 e. The van der Waals surface area contributed by atoms with Crippen LogP contribution in [0.25, 0.3) is 0 Å². The van der Waals surface area contributed by atoms with Crippen molar-refractivity contribution in [2.75, 3.05) is 50.0 Å². The largest absolute Gasteiger partial charge is 0.416 e. The summed E-state index contributed by atoms with van der Waals surface area (Å²) in [5.74, 6) is -0.270. The summed E-state index contributed by atoms with van der Waals surface area (Å²) in [6, 6.07) is 9.40. The van der Waals surface area contributed by atoms with Crippen LogP contribution in [0.15, 0.2) is 47.4 Å². The van der Waals surface area contributed by atoms with Crippen molar-refractivity contribution in [3.05, 3.63) is 53.6 Å². The van der Waals surface area contributed by atoms with Crippen LogP contribution >= 0.6 is 0 Å². The average Bonchev–Trinajstić information content (AvgIpc) is 2.78. The fourth-order valence-electron chi connectivity index (χ4n) is 3.64. The van der Waals surface area contributed by atoms with Gasteiger partial charge in [0.1, 0.15) is 0 Å². The van der Waals surface area contributed by atoms with Crippen molar-refractivity contribution < 1.29 is 26.4 Å². The van der Waals surface area contributed by atoms with Crippen LogP contribution < -0.4 is 14.9 Å². The Kier molecular flexibility index (Phi) is 8.21. The normalized spacial score (nSPS) is 15.4. The lowest BCUT2D eigenvalue weighted by Gasteiger charge is -2.34. The Hall–Kier alpha value is -2.63. The van der Waals surface area contributed by atoms with Crippen molar-refractivity contribution in [1.82, 2.24) is 9.62 Å². The van der Waals surface area contributed by atoms with Crippen molar-refractivity contribution in [3.8, 4) is 0 Å². The number of aryl methyl sites for hydroxylation is 1. The topological polar surface area (TPSA) is 81.8 Å². The molecule has 0 bridgehead atoms. The highest BCUT2D eigenvalue weighted by atomic mass is 32.2. The predicted octanol–water partition coefficient (Wildman–Crippen LogP) is 3.46. The summed E-state index contributed by atoms with van der Waals surface area (Å²) in [6.07, 6.45) is -4.38. The Morgan fingerprint density at radius 1 is 1.06 bits per heavy atom. The van der Waals surface area contributed by atoms with Crippen LogP contribution in [0.1, 0.15) is 24.0 Å². The molecular formula is C23H29F3N4O3S. The number of sulfonamides is 1. The molecule has 2 N–H and O–H groups in total. The van der Waals surface area contributed by atoms with E-state index in [1.165, 1.54) is 0 Å². The summed E-state index contributed by atoms with van der Waals surface area (Å²) in [7, 11) is -2.02. The third-order valence-corrected chi connectivity index (χ3v) is 7.16. The molecule has 34 heavy (non-hydrogen) atoms. The minimum absolute atomic E-state index is 0.0603. The molecule has 0 atom stereocenters. The van der Waals surface area contributed by atoms with Gasteiger partial charge in [-0.3, -0.25) is 4.79 Å². The molecule has 1 fully saturated rings. The van der Waals surface area contributed by atoms with Gasteiger partial charge < -0.3 is 15.1 Å². The van der Waals surface area contributed by atoms with E-state index in [0.29, 0.717) is 11.8 Å². The standard InChI is InChI=1S/C23H29F3N4O3S/c1-17-15-19(30-13-11-29(2)12-14-30)8-9-21(17)28-22(31)7-4-10-27-34(32,33)20-6-3-5-18(16-20)23(24,25)26/h3,5-6,8-9,15-16,27H,4,7,10-14H2,1-2H3,(H,28,31). The van der Waals surface area contributed by atoms with Crippen LogP contribution in [0.2, 0.25) is 0 Å². The molecule has 1 aliphatic heterocycles. The van der Waals surface area contributed by atoms with Crippen LogP contribution in [-0.2, 0) is 21.0 Å². The molecule has 7 nitrogen and oxygen atoms in total. The Morgan fingerprint density at radius 3 is 2.41 bits per heavy atom. The molecule has 0 aromatic heterocycles. The van der Waals surface area contributed by atoms with Crippen LogP contribution in [-0.4, -0.2) is 59.0 Å². The maximum atomic E-state index is 12.8. The lowest BCUT2D eigenvalue weighted by Crippen LogP contribution is -2.44. The summed E-state index contributed by atoms with van der Waals surface area (Å²) in [5, 5.41) is 2.83. The van der Waals surface area contributed by atoms with Gasteiger partial charge in [0.25, 0.3) is 0 Å². The molecule has 0 saturated carbocycles. The zero-order valence-electron chi connectivity index (χ0n) is 19.2. The second-order valence-corrected chi connectivity index (χ2v) is 10.1. The van der Waals surface area contributed by atoms with E-state index in [9.17, 15) is 26.4 Å². The molecular weight excluding hydrogens is 469 g/mol. The van der Waals surface area contributed by atoms with E-state index >= 15 is 0 Å². The van der Waals surface area contributed by atoms with E-state index in [4.69, 9.17) is 0 Å². The third-order valence-electron chi connectivity index (χ3n) is 5.70. The minimum Gasteiger partial charge on any atom is -0.369 e. The molecule has 1 heterocycles. The minimum atomic E-state index is -4.63. The molecule has 11 heteroatoms. The number of carbonyl (C=O) groups is 1. The summed E-state index contributed by atoms with van der Waals surface area (Å²) in [6.45, 7) is 5.71. The van der Waals surface area contributed by atoms with Crippen LogP contribution in [0.5, 0.6) is 0 Å². The highest BCUT2D eigenvalue weighted by Crippen LogP contribution is 2.30. The first-order valence-corrected chi connectivity index (χ1v) is 12.4. The maximum absolute atomic E-state index is 12.8. The second-order valence-electron chi connectivity index (χ2n) is 8.36. The SMILES string of the molecule is Cc1cc(N2CCN(C)CC2)ccc1NC(=O)CCCNS(=O)(=O)c1cccc(C(F)(F)F)c1. The molecule has 0 spiro atoms. The van der Waals surface area contributed by atoms with Gasteiger partial charge in [0.15, 0.2) is 0 Å². The summed E-state index contributed by atoms with van der Waals surface area (Å²) >= 11 is 0. The van der Waals surface area contributed by atoms with Gasteiger partial charge in [-0.15, -0.1) is 0 Å². The molecule has 0 radical (unpaired) electrons. The van der Waals surface area contributed by atoms with Crippen LogP contribution in [0, 0.1) is 6.92 Å². The fourth-order valence-corrected chi connectivity index (χ4v) is 4.76. The van der Waals surface area contributed by atoms with Gasteiger partial charge >= 0.3 is 6.18 Å². The Bertz CT molecular complexity index is 1110. The number of rotatable bonds is 8. The first-order valence-electron chi connectivity index (χ1n) is 11.0. The first kappa shape index (κ1) is 26.0. The van der Waals surface area contributed by atoms with Crippen molar-refractivity contribution in [3.63, 3.8) is 0 Å². The lowest BCUT2D eigenvalue weighted by atomic mass is 10.1. The number of amides is 1. The highest BCUT2D eigenvalue weighted by Gasteiger charge is 2.31. The number of likely N-dealkylation sites (N-methyl/N-ethyl adjacent to an activating group) is 1. The van der Waals surface area contributed by atoms with Crippen LogP contribution in [0.3, 0.4) is 0 Å². The zero-order valence-corrected chi connectivity index (χ0v) is 20.0. The van der Waals surface area contributed by atoms with E-state index in [0.717, 1.165) is 55.6 Å². The zero-order chi connectivity index (χ0) is 24.9. The Labute approximate surface area is 198 Å². The molecule has 1 saturated heterocycles. The number of alkyl halides is 3.